The molecule has 1 aromatic rings. The van der Waals surface area contributed by atoms with Crippen LogP contribution in [0.25, 0.3) is 6.08 Å². The predicted molar refractivity (Wildman–Crippen MR) is 125 cm³/mol. The van der Waals surface area contributed by atoms with Crippen molar-refractivity contribution in [2.45, 2.75) is 89.1 Å². The summed E-state index contributed by atoms with van der Waals surface area (Å²) < 4.78 is 51.6. The van der Waals surface area contributed by atoms with Gasteiger partial charge in [0.05, 0.1) is 5.02 Å². The highest BCUT2D eigenvalue weighted by molar-refractivity contribution is 6.32. The second-order valence-corrected chi connectivity index (χ2v) is 10.2. The number of allylic oxidation sites excluding steroid dienone is 2. The van der Waals surface area contributed by atoms with Gasteiger partial charge in [0.2, 0.25) is 0 Å². The minimum absolute atomic E-state index is 0.0237. The third kappa shape index (κ3) is 7.64. The van der Waals surface area contributed by atoms with Crippen LogP contribution in [0.15, 0.2) is 30.9 Å². The summed E-state index contributed by atoms with van der Waals surface area (Å²) in [6.45, 7) is 3.83. The van der Waals surface area contributed by atoms with E-state index in [1.54, 1.807) is 6.07 Å². The van der Waals surface area contributed by atoms with Crippen LogP contribution in [0.2, 0.25) is 5.02 Å². The van der Waals surface area contributed by atoms with Crippen molar-refractivity contribution in [1.29, 1.82) is 0 Å². The van der Waals surface area contributed by atoms with Crippen LogP contribution >= 0.6 is 11.6 Å². The Balaban J connectivity index is 1.45. The average molecular weight is 471 g/mol. The summed E-state index contributed by atoms with van der Waals surface area (Å²) in [6, 6.07) is 3.02. The van der Waals surface area contributed by atoms with Crippen LogP contribution in [0.5, 0.6) is 0 Å². The minimum Gasteiger partial charge on any atom is -0.206 e. The predicted octanol–water partition coefficient (Wildman–Crippen LogP) is 9.88. The Morgan fingerprint density at radius 3 is 1.91 bits per heavy atom. The van der Waals surface area contributed by atoms with Gasteiger partial charge in [0.25, 0.3) is 0 Å². The molecule has 0 bridgehead atoms. The third-order valence-corrected chi connectivity index (χ3v) is 7.90. The summed E-state index contributed by atoms with van der Waals surface area (Å²) >= 11 is 6.12. The van der Waals surface area contributed by atoms with Crippen LogP contribution < -0.4 is 0 Å². The van der Waals surface area contributed by atoms with Gasteiger partial charge >= 0.3 is 6.18 Å². The zero-order valence-corrected chi connectivity index (χ0v) is 19.5. The van der Waals surface area contributed by atoms with Crippen molar-refractivity contribution in [3.63, 3.8) is 0 Å². The Labute approximate surface area is 195 Å². The lowest BCUT2D eigenvalue weighted by Crippen LogP contribution is -2.18. The molecule has 0 N–H and O–H groups in total. The van der Waals surface area contributed by atoms with Crippen molar-refractivity contribution in [2.75, 3.05) is 0 Å². The Kier molecular flexibility index (Phi) is 9.28. The molecule has 1 aromatic carbocycles. The van der Waals surface area contributed by atoms with Crippen molar-refractivity contribution in [1.82, 2.24) is 0 Å². The summed E-state index contributed by atoms with van der Waals surface area (Å²) in [4.78, 5) is 0. The lowest BCUT2D eigenvalue weighted by atomic mass is 9.74. The third-order valence-electron chi connectivity index (χ3n) is 7.59. The van der Waals surface area contributed by atoms with E-state index >= 15 is 0 Å². The highest BCUT2D eigenvalue weighted by Gasteiger charge is 2.27. The first-order valence-corrected chi connectivity index (χ1v) is 12.5. The maximum Gasteiger partial charge on any atom is 0.409 e. The first kappa shape index (κ1) is 25.3. The molecule has 0 spiro atoms. The van der Waals surface area contributed by atoms with E-state index in [-0.39, 0.29) is 22.6 Å². The molecule has 0 saturated heterocycles. The lowest BCUT2D eigenvalue weighted by molar-refractivity contribution is -0.0790. The number of rotatable bonds is 8. The zero-order valence-electron chi connectivity index (χ0n) is 18.8. The molecule has 0 amide bonds. The van der Waals surface area contributed by atoms with Crippen LogP contribution in [-0.2, 0) is 0 Å². The quantitative estimate of drug-likeness (QED) is 0.262. The van der Waals surface area contributed by atoms with Crippen LogP contribution in [0.1, 0.15) is 94.1 Å². The van der Waals surface area contributed by atoms with Crippen molar-refractivity contribution in [2.24, 2.45) is 17.8 Å². The molecule has 0 nitrogen and oxygen atoms in total. The molecule has 0 atom stereocenters. The highest BCUT2D eigenvalue weighted by Crippen LogP contribution is 2.41. The minimum atomic E-state index is -4.49. The molecule has 0 aliphatic heterocycles. The molecular formula is C27H35ClF4. The van der Waals surface area contributed by atoms with Gasteiger partial charge in [-0.2, -0.15) is 13.2 Å². The van der Waals surface area contributed by atoms with Crippen molar-refractivity contribution >= 4 is 17.7 Å². The van der Waals surface area contributed by atoms with Crippen molar-refractivity contribution in [3.05, 3.63) is 52.8 Å². The molecule has 0 unspecified atom stereocenters. The number of alkyl halides is 3. The van der Waals surface area contributed by atoms with E-state index in [0.717, 1.165) is 55.4 Å². The van der Waals surface area contributed by atoms with Gasteiger partial charge in [-0.3, -0.25) is 0 Å². The molecule has 3 rings (SSSR count). The Hall–Kier alpha value is -1.29. The second kappa shape index (κ2) is 11.7. The first-order chi connectivity index (χ1) is 15.2. The molecule has 2 aliphatic carbocycles. The number of benzene rings is 1. The van der Waals surface area contributed by atoms with E-state index < -0.39 is 12.0 Å². The van der Waals surface area contributed by atoms with Gasteiger partial charge < -0.3 is 0 Å². The largest absolute Gasteiger partial charge is 0.409 e. The summed E-state index contributed by atoms with van der Waals surface area (Å²) in [5.41, 5.74) is 0.619. The SMILES string of the molecule is C=CCCC1CCC(CCC2CCC(c3cc(F)c(/C=C/C(F)(F)F)c(Cl)c3)CC2)CC1. The van der Waals surface area contributed by atoms with Gasteiger partial charge in [-0.25, -0.2) is 4.39 Å². The Morgan fingerprint density at radius 2 is 1.41 bits per heavy atom. The molecule has 0 aromatic heterocycles. The summed E-state index contributed by atoms with van der Waals surface area (Å²) in [5.74, 6) is 2.05. The van der Waals surface area contributed by atoms with E-state index in [0.29, 0.717) is 6.08 Å². The zero-order chi connectivity index (χ0) is 23.1. The number of halogens is 5. The fourth-order valence-electron chi connectivity index (χ4n) is 5.59. The van der Waals surface area contributed by atoms with E-state index in [9.17, 15) is 17.6 Å². The molecule has 2 fully saturated rings. The fraction of sp³-hybridized carbons (Fsp3) is 0.630. The molecule has 0 radical (unpaired) electrons. The van der Waals surface area contributed by atoms with Crippen LogP contribution in [0.4, 0.5) is 17.6 Å². The van der Waals surface area contributed by atoms with Crippen molar-refractivity contribution in [3.8, 4) is 0 Å². The van der Waals surface area contributed by atoms with E-state index in [4.69, 9.17) is 11.6 Å². The maximum atomic E-state index is 14.4. The van der Waals surface area contributed by atoms with Gasteiger partial charge in [0, 0.05) is 11.6 Å². The van der Waals surface area contributed by atoms with Gasteiger partial charge in [0.1, 0.15) is 5.82 Å². The van der Waals surface area contributed by atoms with E-state index in [2.05, 4.69) is 6.58 Å². The fourth-order valence-corrected chi connectivity index (χ4v) is 5.87. The lowest BCUT2D eigenvalue weighted by Gasteiger charge is -2.32. The molecule has 0 heterocycles. The van der Waals surface area contributed by atoms with Gasteiger partial charge in [0.15, 0.2) is 0 Å². The van der Waals surface area contributed by atoms with Gasteiger partial charge in [-0.05, 0) is 86.0 Å². The second-order valence-electron chi connectivity index (χ2n) is 9.82. The number of hydrogen-bond acceptors (Lipinski definition) is 0. The van der Waals surface area contributed by atoms with E-state index in [1.165, 1.54) is 51.0 Å². The Morgan fingerprint density at radius 1 is 0.875 bits per heavy atom. The van der Waals surface area contributed by atoms with Gasteiger partial charge in [-0.15, -0.1) is 6.58 Å². The molecular weight excluding hydrogens is 436 g/mol. The van der Waals surface area contributed by atoms with Crippen LogP contribution in [0.3, 0.4) is 0 Å². The van der Waals surface area contributed by atoms with Crippen molar-refractivity contribution < 1.29 is 17.6 Å². The molecule has 32 heavy (non-hydrogen) atoms. The van der Waals surface area contributed by atoms with E-state index in [1.807, 2.05) is 6.08 Å². The highest BCUT2D eigenvalue weighted by atomic mass is 35.5. The Bertz CT molecular complexity index is 743. The summed E-state index contributed by atoms with van der Waals surface area (Å²) in [7, 11) is 0. The van der Waals surface area contributed by atoms with Crippen LogP contribution in [-0.4, -0.2) is 6.18 Å². The standard InChI is InChI=1S/C27H35ClF4/c1-2-3-4-19-5-7-20(8-6-19)9-10-21-11-13-22(14-12-21)23-17-25(28)24(26(29)18-23)15-16-27(30,31)32/h2,15-22H,1,3-14H2/b16-15+. The normalized spacial score (nSPS) is 27.0. The summed E-state index contributed by atoms with van der Waals surface area (Å²) in [5, 5.41) is 0.0475. The smallest absolute Gasteiger partial charge is 0.206 e. The average Bonchev–Trinajstić information content (AvgIpc) is 2.76. The maximum absolute atomic E-state index is 14.4. The molecule has 2 aliphatic rings. The topological polar surface area (TPSA) is 0 Å². The summed E-state index contributed by atoms with van der Waals surface area (Å²) in [6.07, 6.45) is 13.0. The molecule has 2 saturated carbocycles. The first-order valence-electron chi connectivity index (χ1n) is 12.1. The molecule has 178 valence electrons. The van der Waals surface area contributed by atoms with Crippen LogP contribution in [0, 0.1) is 23.6 Å². The molecule has 5 heteroatoms. The number of hydrogen-bond donors (Lipinski definition) is 0. The van der Waals surface area contributed by atoms with Gasteiger partial charge in [-0.1, -0.05) is 56.2 Å². The monoisotopic (exact) mass is 470 g/mol.